The molecule has 0 saturated heterocycles. The van der Waals surface area contributed by atoms with Crippen molar-refractivity contribution >= 4 is 26.3 Å². The van der Waals surface area contributed by atoms with Gasteiger partial charge in [-0.1, -0.05) is 30.3 Å². The highest BCUT2D eigenvalue weighted by atomic mass is 32.2. The van der Waals surface area contributed by atoms with Gasteiger partial charge in [0.05, 0.1) is 5.69 Å². The standard InChI is InChI=1S/C15H15N3O3S2/c1-10(12-6-4-3-5-7-12)17-23(20,21)13-11(2)16-15-18(14(13)19)8-9-22-15/h3-10,17H,1-2H3/t10-/m0/s1. The molecule has 0 spiro atoms. The zero-order valence-electron chi connectivity index (χ0n) is 12.6. The van der Waals surface area contributed by atoms with Crippen molar-refractivity contribution in [3.05, 3.63) is 63.5 Å². The lowest BCUT2D eigenvalue weighted by molar-refractivity contribution is 0.564. The van der Waals surface area contributed by atoms with Crippen molar-refractivity contribution in [3.63, 3.8) is 0 Å². The number of nitrogens with zero attached hydrogens (tertiary/aromatic N) is 2. The first kappa shape index (κ1) is 15.9. The summed E-state index contributed by atoms with van der Waals surface area (Å²) in [6.45, 7) is 3.26. The number of aryl methyl sites for hydroxylation is 1. The fraction of sp³-hybridized carbons (Fsp3) is 0.200. The topological polar surface area (TPSA) is 80.5 Å². The first-order valence-corrected chi connectivity index (χ1v) is 9.30. The van der Waals surface area contributed by atoms with Crippen LogP contribution in [0.1, 0.15) is 24.2 Å². The predicted molar refractivity (Wildman–Crippen MR) is 89.3 cm³/mol. The van der Waals surface area contributed by atoms with E-state index in [2.05, 4.69) is 9.71 Å². The molecule has 23 heavy (non-hydrogen) atoms. The largest absolute Gasteiger partial charge is 0.279 e. The minimum atomic E-state index is -3.98. The number of sulfonamides is 1. The molecule has 0 radical (unpaired) electrons. The average molecular weight is 349 g/mol. The lowest BCUT2D eigenvalue weighted by atomic mass is 10.1. The summed E-state index contributed by atoms with van der Waals surface area (Å²) < 4.78 is 29.1. The molecule has 3 rings (SSSR count). The van der Waals surface area contributed by atoms with Crippen molar-refractivity contribution in [2.24, 2.45) is 0 Å². The highest BCUT2D eigenvalue weighted by Gasteiger charge is 2.26. The van der Waals surface area contributed by atoms with E-state index in [1.54, 1.807) is 12.3 Å². The molecular formula is C15H15N3O3S2. The number of nitrogens with one attached hydrogen (secondary N) is 1. The molecule has 6 nitrogen and oxygen atoms in total. The molecule has 120 valence electrons. The van der Waals surface area contributed by atoms with Gasteiger partial charge in [0.2, 0.25) is 10.0 Å². The fourth-order valence-electron chi connectivity index (χ4n) is 2.38. The van der Waals surface area contributed by atoms with Gasteiger partial charge in [-0.25, -0.2) is 18.1 Å². The average Bonchev–Trinajstić information content (AvgIpc) is 2.96. The minimum Gasteiger partial charge on any atom is -0.267 e. The van der Waals surface area contributed by atoms with E-state index in [-0.39, 0.29) is 10.6 Å². The highest BCUT2D eigenvalue weighted by Crippen LogP contribution is 2.17. The SMILES string of the molecule is Cc1nc2sccn2c(=O)c1S(=O)(=O)N[C@@H](C)c1ccccc1. The predicted octanol–water partition coefficient (Wildman–Crippen LogP) is 2.10. The second-order valence-corrected chi connectivity index (χ2v) is 7.66. The number of rotatable bonds is 4. The number of thiazole rings is 1. The maximum atomic E-state index is 12.7. The van der Waals surface area contributed by atoms with Crippen LogP contribution < -0.4 is 10.3 Å². The number of aromatic nitrogens is 2. The maximum Gasteiger partial charge on any atom is 0.279 e. The Labute approximate surface area is 137 Å². The van der Waals surface area contributed by atoms with Crippen LogP contribution in [0.5, 0.6) is 0 Å². The normalized spacial score (nSPS) is 13.3. The molecule has 1 atom stereocenters. The third-order valence-corrected chi connectivity index (χ3v) is 5.92. The van der Waals surface area contributed by atoms with E-state index in [4.69, 9.17) is 0 Å². The number of hydrogen-bond acceptors (Lipinski definition) is 5. The Kier molecular flexibility index (Phi) is 4.05. The van der Waals surface area contributed by atoms with Crippen LogP contribution in [0, 0.1) is 6.92 Å². The molecule has 2 heterocycles. The molecular weight excluding hydrogens is 334 g/mol. The summed E-state index contributed by atoms with van der Waals surface area (Å²) in [4.78, 5) is 16.9. The Morgan fingerprint density at radius 2 is 1.96 bits per heavy atom. The molecule has 0 aliphatic rings. The first-order valence-electron chi connectivity index (χ1n) is 6.94. The smallest absolute Gasteiger partial charge is 0.267 e. The van der Waals surface area contributed by atoms with E-state index < -0.39 is 21.6 Å². The van der Waals surface area contributed by atoms with Gasteiger partial charge < -0.3 is 0 Å². The summed E-state index contributed by atoms with van der Waals surface area (Å²) >= 11 is 1.28. The van der Waals surface area contributed by atoms with Crippen molar-refractivity contribution in [1.82, 2.24) is 14.1 Å². The van der Waals surface area contributed by atoms with Gasteiger partial charge in [-0.05, 0) is 19.4 Å². The van der Waals surface area contributed by atoms with Crippen LogP contribution >= 0.6 is 11.3 Å². The van der Waals surface area contributed by atoms with Gasteiger partial charge in [0.1, 0.15) is 0 Å². The number of hydrogen-bond donors (Lipinski definition) is 1. The van der Waals surface area contributed by atoms with Crippen LogP contribution in [0.3, 0.4) is 0 Å². The second-order valence-electron chi connectivity index (χ2n) is 5.14. The van der Waals surface area contributed by atoms with E-state index in [9.17, 15) is 13.2 Å². The zero-order valence-corrected chi connectivity index (χ0v) is 14.2. The van der Waals surface area contributed by atoms with Gasteiger partial charge in [-0.15, -0.1) is 11.3 Å². The summed E-state index contributed by atoms with van der Waals surface area (Å²) in [7, 11) is -3.98. The molecule has 0 aliphatic heterocycles. The molecule has 0 saturated carbocycles. The quantitative estimate of drug-likeness (QED) is 0.782. The van der Waals surface area contributed by atoms with Crippen molar-refractivity contribution in [2.45, 2.75) is 24.8 Å². The van der Waals surface area contributed by atoms with Crippen molar-refractivity contribution < 1.29 is 8.42 Å². The monoisotopic (exact) mass is 349 g/mol. The van der Waals surface area contributed by atoms with Crippen molar-refractivity contribution in [2.75, 3.05) is 0 Å². The Balaban J connectivity index is 2.05. The van der Waals surface area contributed by atoms with E-state index >= 15 is 0 Å². The first-order chi connectivity index (χ1) is 10.9. The van der Waals surface area contributed by atoms with E-state index in [0.717, 1.165) is 5.56 Å². The van der Waals surface area contributed by atoms with Crippen LogP contribution in [0.25, 0.3) is 4.96 Å². The number of benzene rings is 1. The van der Waals surface area contributed by atoms with E-state index in [1.807, 2.05) is 30.3 Å². The second kappa shape index (κ2) is 5.88. The van der Waals surface area contributed by atoms with Gasteiger partial charge in [0, 0.05) is 17.6 Å². The highest BCUT2D eigenvalue weighted by molar-refractivity contribution is 7.89. The van der Waals surface area contributed by atoms with Crippen molar-refractivity contribution in [1.29, 1.82) is 0 Å². The van der Waals surface area contributed by atoms with Gasteiger partial charge in [0.15, 0.2) is 9.86 Å². The van der Waals surface area contributed by atoms with Crippen LogP contribution in [0.2, 0.25) is 0 Å². The third-order valence-electron chi connectivity index (χ3n) is 3.49. The Hall–Kier alpha value is -2.03. The van der Waals surface area contributed by atoms with Crippen LogP contribution in [0.15, 0.2) is 51.6 Å². The van der Waals surface area contributed by atoms with Crippen LogP contribution in [0.4, 0.5) is 0 Å². The van der Waals surface area contributed by atoms with Gasteiger partial charge in [-0.2, -0.15) is 0 Å². The Morgan fingerprint density at radius 1 is 1.26 bits per heavy atom. The maximum absolute atomic E-state index is 12.7. The van der Waals surface area contributed by atoms with Gasteiger partial charge in [-0.3, -0.25) is 9.20 Å². The van der Waals surface area contributed by atoms with Crippen LogP contribution in [-0.2, 0) is 10.0 Å². The molecule has 0 amide bonds. The molecule has 3 aromatic rings. The molecule has 1 N–H and O–H groups in total. The van der Waals surface area contributed by atoms with E-state index in [1.165, 1.54) is 28.9 Å². The molecule has 1 aromatic carbocycles. The third kappa shape index (κ3) is 2.92. The summed E-state index contributed by atoms with van der Waals surface area (Å²) in [5.74, 6) is 0. The lowest BCUT2D eigenvalue weighted by Gasteiger charge is -2.15. The van der Waals surface area contributed by atoms with Gasteiger partial charge in [0.25, 0.3) is 5.56 Å². The molecule has 0 aliphatic carbocycles. The van der Waals surface area contributed by atoms with E-state index in [0.29, 0.717) is 4.96 Å². The Morgan fingerprint density at radius 3 is 2.65 bits per heavy atom. The van der Waals surface area contributed by atoms with Crippen LogP contribution in [-0.4, -0.2) is 17.8 Å². The van der Waals surface area contributed by atoms with Crippen molar-refractivity contribution in [3.8, 4) is 0 Å². The summed E-state index contributed by atoms with van der Waals surface area (Å²) in [6, 6.07) is 8.72. The van der Waals surface area contributed by atoms with Gasteiger partial charge >= 0.3 is 0 Å². The molecule has 2 aromatic heterocycles. The molecule has 0 unspecified atom stereocenters. The fourth-order valence-corrected chi connectivity index (χ4v) is 4.61. The summed E-state index contributed by atoms with van der Waals surface area (Å²) in [5, 5.41) is 1.69. The molecule has 0 fully saturated rings. The zero-order chi connectivity index (χ0) is 16.6. The lowest BCUT2D eigenvalue weighted by Crippen LogP contribution is -2.33. The molecule has 0 bridgehead atoms. The number of fused-ring (bicyclic) bond motifs is 1. The minimum absolute atomic E-state index is 0.199. The molecule has 8 heteroatoms. The summed E-state index contributed by atoms with van der Waals surface area (Å²) in [6.07, 6.45) is 1.52. The summed E-state index contributed by atoms with van der Waals surface area (Å²) in [5.41, 5.74) is 0.435. The Bertz CT molecular complexity index is 1010.